The SMILES string of the molecule is CC(NC(=O)C1CCC1)c1ccn[nH]1. The van der Waals surface area contributed by atoms with Gasteiger partial charge in [0, 0.05) is 12.1 Å². The van der Waals surface area contributed by atoms with E-state index >= 15 is 0 Å². The predicted octanol–water partition coefficient (Wildman–Crippen LogP) is 1.39. The molecule has 1 aliphatic carbocycles. The average Bonchev–Trinajstić information content (AvgIpc) is 2.51. The van der Waals surface area contributed by atoms with Crippen LogP contribution in [0, 0.1) is 5.92 Å². The summed E-state index contributed by atoms with van der Waals surface area (Å²) < 4.78 is 0. The molecule has 1 aromatic rings. The number of nitrogens with zero attached hydrogens (tertiary/aromatic N) is 1. The molecule has 0 aromatic carbocycles. The van der Waals surface area contributed by atoms with Gasteiger partial charge in [-0.25, -0.2) is 0 Å². The zero-order valence-electron chi connectivity index (χ0n) is 8.29. The lowest BCUT2D eigenvalue weighted by molar-refractivity contribution is -0.128. The molecule has 4 heteroatoms. The summed E-state index contributed by atoms with van der Waals surface area (Å²) in [5, 5.41) is 9.68. The maximum Gasteiger partial charge on any atom is 0.223 e. The third-order valence-corrected chi connectivity index (χ3v) is 2.82. The van der Waals surface area contributed by atoms with Crippen molar-refractivity contribution < 1.29 is 4.79 Å². The molecule has 0 aliphatic heterocycles. The molecule has 1 heterocycles. The van der Waals surface area contributed by atoms with Gasteiger partial charge in [-0.2, -0.15) is 5.10 Å². The predicted molar refractivity (Wildman–Crippen MR) is 52.5 cm³/mol. The third-order valence-electron chi connectivity index (χ3n) is 2.82. The Morgan fingerprint density at radius 3 is 3.00 bits per heavy atom. The van der Waals surface area contributed by atoms with Crippen molar-refractivity contribution in [1.29, 1.82) is 0 Å². The lowest BCUT2D eigenvalue weighted by Crippen LogP contribution is -2.36. The van der Waals surface area contributed by atoms with Gasteiger partial charge in [-0.1, -0.05) is 6.42 Å². The molecule has 1 aliphatic rings. The molecule has 4 nitrogen and oxygen atoms in total. The summed E-state index contributed by atoms with van der Waals surface area (Å²) in [6.45, 7) is 1.96. The molecule has 0 saturated heterocycles. The Labute approximate surface area is 83.1 Å². The van der Waals surface area contributed by atoms with Crippen LogP contribution < -0.4 is 5.32 Å². The van der Waals surface area contributed by atoms with E-state index in [4.69, 9.17) is 0 Å². The van der Waals surface area contributed by atoms with E-state index < -0.39 is 0 Å². The number of hydrogen-bond acceptors (Lipinski definition) is 2. The van der Waals surface area contributed by atoms with E-state index in [1.807, 2.05) is 13.0 Å². The number of aromatic nitrogens is 2. The normalized spacial score (nSPS) is 18.6. The van der Waals surface area contributed by atoms with E-state index in [0.717, 1.165) is 18.5 Å². The minimum Gasteiger partial charge on any atom is -0.348 e. The molecule has 14 heavy (non-hydrogen) atoms. The van der Waals surface area contributed by atoms with Crippen molar-refractivity contribution in [3.8, 4) is 0 Å². The number of carbonyl (C=O) groups excluding carboxylic acids is 1. The van der Waals surface area contributed by atoms with Crippen LogP contribution in [-0.4, -0.2) is 16.1 Å². The summed E-state index contributed by atoms with van der Waals surface area (Å²) in [5.74, 6) is 0.429. The summed E-state index contributed by atoms with van der Waals surface area (Å²) >= 11 is 0. The van der Waals surface area contributed by atoms with E-state index in [1.54, 1.807) is 6.20 Å². The molecule has 1 amide bonds. The molecule has 0 bridgehead atoms. The lowest BCUT2D eigenvalue weighted by Gasteiger charge is -2.25. The molecule has 0 radical (unpaired) electrons. The number of aromatic amines is 1. The second-order valence-electron chi connectivity index (χ2n) is 3.87. The Balaban J connectivity index is 1.87. The monoisotopic (exact) mass is 193 g/mol. The summed E-state index contributed by atoms with van der Waals surface area (Å²) in [4.78, 5) is 11.6. The van der Waals surface area contributed by atoms with Crippen molar-refractivity contribution in [1.82, 2.24) is 15.5 Å². The highest BCUT2D eigenvalue weighted by Gasteiger charge is 2.26. The Hall–Kier alpha value is -1.32. The molecule has 1 aromatic heterocycles. The number of H-pyrrole nitrogens is 1. The van der Waals surface area contributed by atoms with E-state index in [0.29, 0.717) is 0 Å². The third kappa shape index (κ3) is 1.78. The first-order valence-electron chi connectivity index (χ1n) is 5.07. The average molecular weight is 193 g/mol. The molecular weight excluding hydrogens is 178 g/mol. The van der Waals surface area contributed by atoms with Gasteiger partial charge in [0.05, 0.1) is 11.7 Å². The Bertz CT molecular complexity index is 303. The second-order valence-corrected chi connectivity index (χ2v) is 3.87. The summed E-state index contributed by atoms with van der Waals surface area (Å²) in [6, 6.07) is 1.91. The number of nitrogens with one attached hydrogen (secondary N) is 2. The number of rotatable bonds is 3. The van der Waals surface area contributed by atoms with Gasteiger partial charge in [0.25, 0.3) is 0 Å². The molecule has 2 rings (SSSR count). The van der Waals surface area contributed by atoms with Crippen molar-refractivity contribution in [2.75, 3.05) is 0 Å². The molecule has 2 N–H and O–H groups in total. The fourth-order valence-electron chi connectivity index (χ4n) is 1.59. The van der Waals surface area contributed by atoms with Crippen LogP contribution in [0.15, 0.2) is 12.3 Å². The number of carbonyl (C=O) groups is 1. The Morgan fingerprint density at radius 2 is 2.50 bits per heavy atom. The highest BCUT2D eigenvalue weighted by molar-refractivity contribution is 5.79. The van der Waals surface area contributed by atoms with Gasteiger partial charge in [0.1, 0.15) is 0 Å². The van der Waals surface area contributed by atoms with Gasteiger partial charge in [-0.05, 0) is 25.8 Å². The van der Waals surface area contributed by atoms with Gasteiger partial charge >= 0.3 is 0 Å². The van der Waals surface area contributed by atoms with E-state index in [-0.39, 0.29) is 17.9 Å². The van der Waals surface area contributed by atoms with Crippen LogP contribution in [0.5, 0.6) is 0 Å². The van der Waals surface area contributed by atoms with Crippen molar-refractivity contribution in [3.63, 3.8) is 0 Å². The Kier molecular flexibility index (Phi) is 2.52. The van der Waals surface area contributed by atoms with Crippen molar-refractivity contribution in [2.45, 2.75) is 32.2 Å². The minimum atomic E-state index is 0.0330. The van der Waals surface area contributed by atoms with Crippen LogP contribution in [-0.2, 0) is 4.79 Å². The summed E-state index contributed by atoms with van der Waals surface area (Å²) in [6.07, 6.45) is 4.97. The summed E-state index contributed by atoms with van der Waals surface area (Å²) in [5.41, 5.74) is 0.956. The zero-order chi connectivity index (χ0) is 9.97. The fourth-order valence-corrected chi connectivity index (χ4v) is 1.59. The minimum absolute atomic E-state index is 0.0330. The lowest BCUT2D eigenvalue weighted by atomic mass is 9.84. The quantitative estimate of drug-likeness (QED) is 0.762. The molecular formula is C10H15N3O. The molecule has 1 saturated carbocycles. The fraction of sp³-hybridized carbons (Fsp3) is 0.600. The Morgan fingerprint density at radius 1 is 1.71 bits per heavy atom. The molecule has 76 valence electrons. The van der Waals surface area contributed by atoms with Gasteiger partial charge in [0.2, 0.25) is 5.91 Å². The van der Waals surface area contributed by atoms with E-state index in [2.05, 4.69) is 15.5 Å². The molecule has 0 spiro atoms. The maximum atomic E-state index is 11.6. The second kappa shape index (κ2) is 3.82. The number of amides is 1. The highest BCUT2D eigenvalue weighted by atomic mass is 16.2. The van der Waals surface area contributed by atoms with Gasteiger partial charge in [-0.3, -0.25) is 9.89 Å². The van der Waals surface area contributed by atoms with Crippen LogP contribution in [0.2, 0.25) is 0 Å². The first kappa shape index (κ1) is 9.24. The maximum absolute atomic E-state index is 11.6. The largest absolute Gasteiger partial charge is 0.348 e. The first-order chi connectivity index (χ1) is 6.77. The van der Waals surface area contributed by atoms with Crippen LogP contribution in [0.1, 0.15) is 37.9 Å². The number of hydrogen-bond donors (Lipinski definition) is 2. The molecule has 1 unspecified atom stereocenters. The zero-order valence-corrected chi connectivity index (χ0v) is 8.29. The van der Waals surface area contributed by atoms with Crippen molar-refractivity contribution >= 4 is 5.91 Å². The topological polar surface area (TPSA) is 57.8 Å². The molecule has 1 fully saturated rings. The smallest absolute Gasteiger partial charge is 0.223 e. The van der Waals surface area contributed by atoms with Crippen molar-refractivity contribution in [3.05, 3.63) is 18.0 Å². The van der Waals surface area contributed by atoms with Crippen molar-refractivity contribution in [2.24, 2.45) is 5.92 Å². The van der Waals surface area contributed by atoms with Crippen LogP contribution in [0.25, 0.3) is 0 Å². The standard InChI is InChI=1S/C10H15N3O/c1-7(9-5-6-11-13-9)12-10(14)8-3-2-4-8/h5-8H,2-4H2,1H3,(H,11,13)(H,12,14). The van der Waals surface area contributed by atoms with Crippen LogP contribution in [0.3, 0.4) is 0 Å². The van der Waals surface area contributed by atoms with Gasteiger partial charge < -0.3 is 5.32 Å². The summed E-state index contributed by atoms with van der Waals surface area (Å²) in [7, 11) is 0. The van der Waals surface area contributed by atoms with Crippen LogP contribution >= 0.6 is 0 Å². The van der Waals surface area contributed by atoms with Gasteiger partial charge in [-0.15, -0.1) is 0 Å². The van der Waals surface area contributed by atoms with E-state index in [1.165, 1.54) is 6.42 Å². The van der Waals surface area contributed by atoms with E-state index in [9.17, 15) is 4.79 Å². The molecule has 1 atom stereocenters. The van der Waals surface area contributed by atoms with Crippen LogP contribution in [0.4, 0.5) is 0 Å². The first-order valence-corrected chi connectivity index (χ1v) is 5.07. The highest BCUT2D eigenvalue weighted by Crippen LogP contribution is 2.27. The van der Waals surface area contributed by atoms with Gasteiger partial charge in [0.15, 0.2) is 0 Å².